The molecular formula is C27H20N4O4S. The maximum Gasteiger partial charge on any atom is 0.291 e. The van der Waals surface area contributed by atoms with Crippen molar-refractivity contribution in [2.75, 3.05) is 16.8 Å². The van der Waals surface area contributed by atoms with Gasteiger partial charge in [-0.3, -0.25) is 9.59 Å². The van der Waals surface area contributed by atoms with Gasteiger partial charge in [0.15, 0.2) is 10.9 Å². The molecule has 0 bridgehead atoms. The van der Waals surface area contributed by atoms with Gasteiger partial charge in [0.05, 0.1) is 11.8 Å². The minimum atomic E-state index is -0.333. The number of hydrogen-bond donors (Lipinski definition) is 1. The molecule has 0 saturated heterocycles. The van der Waals surface area contributed by atoms with Gasteiger partial charge in [0.1, 0.15) is 11.8 Å². The number of anilines is 2. The Labute approximate surface area is 210 Å². The number of amides is 2. The summed E-state index contributed by atoms with van der Waals surface area (Å²) in [4.78, 5) is 36.3. The third-order valence-corrected chi connectivity index (χ3v) is 6.94. The van der Waals surface area contributed by atoms with Crippen molar-refractivity contribution in [1.82, 2.24) is 9.97 Å². The Balaban J connectivity index is 1.24. The van der Waals surface area contributed by atoms with Crippen LogP contribution in [0, 0.1) is 0 Å². The summed E-state index contributed by atoms with van der Waals surface area (Å²) in [7, 11) is 0. The third-order valence-electron chi connectivity index (χ3n) is 6.04. The second kappa shape index (κ2) is 9.35. The van der Waals surface area contributed by atoms with E-state index in [4.69, 9.17) is 8.83 Å². The summed E-state index contributed by atoms with van der Waals surface area (Å²) < 4.78 is 11.0. The number of hydrogen-bond acceptors (Lipinski definition) is 7. The fourth-order valence-electron chi connectivity index (χ4n) is 4.34. The van der Waals surface area contributed by atoms with E-state index < -0.39 is 0 Å². The number of para-hydroxylation sites is 1. The average Bonchev–Trinajstić information content (AvgIpc) is 3.66. The van der Waals surface area contributed by atoms with Gasteiger partial charge in [-0.05, 0) is 48.4 Å². The maximum atomic E-state index is 13.3. The van der Waals surface area contributed by atoms with Gasteiger partial charge in [0, 0.05) is 47.0 Å². The predicted molar refractivity (Wildman–Crippen MR) is 136 cm³/mol. The van der Waals surface area contributed by atoms with Crippen LogP contribution in [-0.4, -0.2) is 28.3 Å². The summed E-state index contributed by atoms with van der Waals surface area (Å²) in [5, 5.41) is 4.48. The minimum absolute atomic E-state index is 0.105. The van der Waals surface area contributed by atoms with Crippen LogP contribution in [-0.2, 0) is 12.2 Å². The molecule has 178 valence electrons. The smallest absolute Gasteiger partial charge is 0.291 e. The third kappa shape index (κ3) is 4.14. The monoisotopic (exact) mass is 496 g/mol. The lowest BCUT2D eigenvalue weighted by Gasteiger charge is -2.16. The lowest BCUT2D eigenvalue weighted by Crippen LogP contribution is -2.28. The number of aromatic nitrogens is 2. The van der Waals surface area contributed by atoms with Crippen molar-refractivity contribution < 1.29 is 18.4 Å². The Hall–Kier alpha value is -4.37. The van der Waals surface area contributed by atoms with Gasteiger partial charge < -0.3 is 19.1 Å². The summed E-state index contributed by atoms with van der Waals surface area (Å²) in [5.41, 5.74) is 4.42. The van der Waals surface area contributed by atoms with Crippen molar-refractivity contribution >= 4 is 45.9 Å². The number of carbonyl (C=O) groups excluding carboxylic acids is 2. The van der Waals surface area contributed by atoms with E-state index in [1.54, 1.807) is 35.5 Å². The SMILES string of the molecule is O=C(Nc1ccc2c(c1)CCN2C(=O)c1ccoc1)c1oc2ccccc2c1CSc1ncccn1. The lowest BCUT2D eigenvalue weighted by molar-refractivity contribution is 0.0984. The van der Waals surface area contributed by atoms with E-state index >= 15 is 0 Å². The van der Waals surface area contributed by atoms with Crippen LogP contribution in [0.5, 0.6) is 0 Å². The van der Waals surface area contributed by atoms with Crippen LogP contribution >= 0.6 is 11.8 Å². The van der Waals surface area contributed by atoms with E-state index in [0.717, 1.165) is 22.2 Å². The minimum Gasteiger partial charge on any atom is -0.472 e. The van der Waals surface area contributed by atoms with Crippen molar-refractivity contribution in [3.8, 4) is 0 Å². The number of rotatable bonds is 6. The van der Waals surface area contributed by atoms with Gasteiger partial charge >= 0.3 is 0 Å². The number of nitrogens with one attached hydrogen (secondary N) is 1. The molecule has 4 heterocycles. The number of fused-ring (bicyclic) bond motifs is 2. The molecule has 0 atom stereocenters. The van der Waals surface area contributed by atoms with Crippen molar-refractivity contribution in [2.24, 2.45) is 0 Å². The highest BCUT2D eigenvalue weighted by molar-refractivity contribution is 7.98. The first kappa shape index (κ1) is 22.1. The van der Waals surface area contributed by atoms with Crippen LogP contribution in [0.25, 0.3) is 11.0 Å². The van der Waals surface area contributed by atoms with E-state index in [1.807, 2.05) is 36.4 Å². The summed E-state index contributed by atoms with van der Waals surface area (Å²) in [6, 6.07) is 16.6. The molecule has 6 rings (SSSR count). The Morgan fingerprint density at radius 1 is 1.06 bits per heavy atom. The number of benzene rings is 2. The Bertz CT molecular complexity index is 1560. The molecule has 3 aromatic heterocycles. The van der Waals surface area contributed by atoms with Crippen LogP contribution in [0.3, 0.4) is 0 Å². The highest BCUT2D eigenvalue weighted by Gasteiger charge is 2.27. The average molecular weight is 497 g/mol. The Kier molecular flexibility index (Phi) is 5.74. The molecule has 0 aliphatic carbocycles. The molecule has 2 amide bonds. The van der Waals surface area contributed by atoms with Crippen LogP contribution in [0.15, 0.2) is 93.5 Å². The molecule has 0 radical (unpaired) electrons. The largest absolute Gasteiger partial charge is 0.472 e. The van der Waals surface area contributed by atoms with Gasteiger partial charge in [-0.2, -0.15) is 0 Å². The van der Waals surface area contributed by atoms with E-state index in [1.165, 1.54) is 24.3 Å². The zero-order valence-corrected chi connectivity index (χ0v) is 19.8. The first-order chi connectivity index (χ1) is 17.7. The van der Waals surface area contributed by atoms with E-state index in [0.29, 0.717) is 40.7 Å². The van der Waals surface area contributed by atoms with Crippen LogP contribution in [0.1, 0.15) is 32.0 Å². The molecule has 0 unspecified atom stereocenters. The normalized spacial score (nSPS) is 12.6. The molecule has 5 aromatic rings. The van der Waals surface area contributed by atoms with E-state index in [-0.39, 0.29) is 17.6 Å². The summed E-state index contributed by atoms with van der Waals surface area (Å²) >= 11 is 1.44. The highest BCUT2D eigenvalue weighted by atomic mass is 32.2. The quantitative estimate of drug-likeness (QED) is 0.242. The zero-order valence-electron chi connectivity index (χ0n) is 19.0. The van der Waals surface area contributed by atoms with Gasteiger partial charge in [-0.25, -0.2) is 9.97 Å². The first-order valence-electron chi connectivity index (χ1n) is 11.4. The van der Waals surface area contributed by atoms with Crippen molar-refractivity contribution in [3.63, 3.8) is 0 Å². The van der Waals surface area contributed by atoms with Gasteiger partial charge in [-0.15, -0.1) is 0 Å². The van der Waals surface area contributed by atoms with Crippen molar-refractivity contribution in [2.45, 2.75) is 17.3 Å². The molecule has 1 aliphatic rings. The topological polar surface area (TPSA) is 101 Å². The van der Waals surface area contributed by atoms with Crippen molar-refractivity contribution in [1.29, 1.82) is 0 Å². The second-order valence-corrected chi connectivity index (χ2v) is 9.18. The van der Waals surface area contributed by atoms with Gasteiger partial charge in [0.25, 0.3) is 11.8 Å². The highest BCUT2D eigenvalue weighted by Crippen LogP contribution is 2.34. The standard InChI is InChI=1S/C27H20N4O4S/c32-25(24-21(16-36-27-28-10-3-11-29-27)20-4-1-2-5-23(20)35-24)30-19-6-7-22-17(14-19)8-12-31(22)26(33)18-9-13-34-15-18/h1-7,9-11,13-15H,8,12,16H2,(H,30,32). The molecule has 1 N–H and O–H groups in total. The van der Waals surface area contributed by atoms with E-state index in [2.05, 4.69) is 15.3 Å². The zero-order chi connectivity index (χ0) is 24.5. The maximum absolute atomic E-state index is 13.3. The molecule has 0 saturated carbocycles. The molecule has 8 nitrogen and oxygen atoms in total. The van der Waals surface area contributed by atoms with Gasteiger partial charge in [0.2, 0.25) is 0 Å². The summed E-state index contributed by atoms with van der Waals surface area (Å²) in [5.74, 6) is 0.307. The number of nitrogens with zero attached hydrogens (tertiary/aromatic N) is 3. The fourth-order valence-corrected chi connectivity index (χ4v) is 5.17. The molecule has 9 heteroatoms. The first-order valence-corrected chi connectivity index (χ1v) is 12.3. The summed E-state index contributed by atoms with van der Waals surface area (Å²) in [6.07, 6.45) is 7.01. The number of furan rings is 2. The molecule has 1 aliphatic heterocycles. The lowest BCUT2D eigenvalue weighted by atomic mass is 10.1. The Morgan fingerprint density at radius 3 is 2.75 bits per heavy atom. The molecule has 36 heavy (non-hydrogen) atoms. The number of thioether (sulfide) groups is 1. The molecule has 0 fully saturated rings. The molecule has 2 aromatic carbocycles. The van der Waals surface area contributed by atoms with Crippen molar-refractivity contribution in [3.05, 3.63) is 102 Å². The Morgan fingerprint density at radius 2 is 1.92 bits per heavy atom. The van der Waals surface area contributed by atoms with Crippen LogP contribution < -0.4 is 10.2 Å². The molecule has 0 spiro atoms. The van der Waals surface area contributed by atoms with Crippen LogP contribution in [0.2, 0.25) is 0 Å². The van der Waals surface area contributed by atoms with E-state index in [9.17, 15) is 9.59 Å². The summed E-state index contributed by atoms with van der Waals surface area (Å²) in [6.45, 7) is 0.573. The molecular weight excluding hydrogens is 476 g/mol. The fraction of sp³-hybridized carbons (Fsp3) is 0.111. The van der Waals surface area contributed by atoms with Crippen LogP contribution in [0.4, 0.5) is 11.4 Å². The number of carbonyl (C=O) groups is 2. The predicted octanol–water partition coefficient (Wildman–Crippen LogP) is 5.56. The second-order valence-electron chi connectivity index (χ2n) is 8.24. The van der Waals surface area contributed by atoms with Gasteiger partial charge in [-0.1, -0.05) is 30.0 Å².